The van der Waals surface area contributed by atoms with Gasteiger partial charge in [-0.25, -0.2) is 9.24 Å². The van der Waals surface area contributed by atoms with E-state index in [9.17, 15) is 9.65 Å². The first-order valence-corrected chi connectivity index (χ1v) is 9.41. The lowest BCUT2D eigenvalue weighted by molar-refractivity contribution is 0.629. The minimum Gasteiger partial charge on any atom is -0.309 e. The van der Waals surface area contributed by atoms with Gasteiger partial charge in [-0.05, 0) is 54.1 Å². The first kappa shape index (κ1) is 17.7. The Balaban J connectivity index is 1.89. The van der Waals surface area contributed by atoms with E-state index in [0.29, 0.717) is 16.8 Å². The lowest BCUT2D eigenvalue weighted by atomic mass is 9.97. The molecule has 0 aliphatic heterocycles. The van der Waals surface area contributed by atoms with Crippen LogP contribution in [-0.2, 0) is 0 Å². The molecule has 0 radical (unpaired) electrons. The molecule has 1 heterocycles. The van der Waals surface area contributed by atoms with Crippen molar-refractivity contribution in [3.63, 3.8) is 0 Å². The molecule has 4 heteroatoms. The maximum absolute atomic E-state index is 14.1. The summed E-state index contributed by atoms with van der Waals surface area (Å²) in [5.41, 5.74) is 5.05. The number of rotatable bonds is 2. The predicted molar refractivity (Wildman–Crippen MR) is 117 cm³/mol. The zero-order valence-corrected chi connectivity index (χ0v) is 15.8. The fraction of sp³-hybridized carbons (Fsp3) is 0. The predicted octanol–water partition coefficient (Wildman–Crippen LogP) is 7.01. The van der Waals surface area contributed by atoms with Crippen molar-refractivity contribution in [3.05, 3.63) is 108 Å². The van der Waals surface area contributed by atoms with Crippen LogP contribution in [0.3, 0.4) is 0 Å². The molecule has 0 atom stereocenters. The van der Waals surface area contributed by atoms with Gasteiger partial charge in [-0.1, -0.05) is 36.4 Å². The number of halogens is 1. The molecule has 1 aromatic heterocycles. The van der Waals surface area contributed by atoms with Crippen molar-refractivity contribution < 1.29 is 4.39 Å². The number of benzene rings is 4. The van der Waals surface area contributed by atoms with Gasteiger partial charge in [0.05, 0.1) is 23.7 Å². The Bertz CT molecular complexity index is 1480. The topological polar surface area (TPSA) is 33.1 Å². The highest BCUT2D eigenvalue weighted by Crippen LogP contribution is 2.39. The summed E-state index contributed by atoms with van der Waals surface area (Å²) in [5.74, 6) is -0.306. The third-order valence-electron chi connectivity index (χ3n) is 5.31. The fourth-order valence-electron chi connectivity index (χ4n) is 4.04. The molecule has 0 saturated heterocycles. The first-order valence-electron chi connectivity index (χ1n) is 9.41. The highest BCUT2D eigenvalue weighted by molar-refractivity contribution is 6.11. The summed E-state index contributed by atoms with van der Waals surface area (Å²) in [4.78, 5) is 3.60. The molecule has 0 aliphatic carbocycles. The van der Waals surface area contributed by atoms with E-state index in [-0.39, 0.29) is 5.82 Å². The number of hydrogen-bond donors (Lipinski definition) is 0. The summed E-state index contributed by atoms with van der Waals surface area (Å²) in [7, 11) is 0. The SMILES string of the molecule is [C-]#[N+]c1cccc(C#N)c1-c1ccc2c(c1)c1cc(F)ccc1n2-c1ccccc1. The van der Waals surface area contributed by atoms with Crippen molar-refractivity contribution in [2.24, 2.45) is 0 Å². The summed E-state index contributed by atoms with van der Waals surface area (Å²) in [6.45, 7) is 7.51. The Morgan fingerprint density at radius 2 is 1.57 bits per heavy atom. The zero-order chi connectivity index (χ0) is 20.7. The lowest BCUT2D eigenvalue weighted by Crippen LogP contribution is -1.93. The van der Waals surface area contributed by atoms with Gasteiger partial charge < -0.3 is 4.57 Å². The quantitative estimate of drug-likeness (QED) is 0.300. The number of nitriles is 1. The van der Waals surface area contributed by atoms with Gasteiger partial charge >= 0.3 is 0 Å². The molecule has 0 fully saturated rings. The van der Waals surface area contributed by atoms with E-state index in [1.807, 2.05) is 48.5 Å². The van der Waals surface area contributed by atoms with E-state index in [0.717, 1.165) is 33.1 Å². The van der Waals surface area contributed by atoms with Crippen molar-refractivity contribution >= 4 is 27.5 Å². The van der Waals surface area contributed by atoms with E-state index in [4.69, 9.17) is 6.57 Å². The molecule has 0 aliphatic rings. The monoisotopic (exact) mass is 387 g/mol. The van der Waals surface area contributed by atoms with Crippen molar-refractivity contribution in [2.45, 2.75) is 0 Å². The summed E-state index contributed by atoms with van der Waals surface area (Å²) in [6, 6.07) is 27.8. The normalized spacial score (nSPS) is 10.8. The molecule has 5 aromatic rings. The van der Waals surface area contributed by atoms with E-state index in [1.54, 1.807) is 24.3 Å². The molecule has 5 rings (SSSR count). The standard InChI is InChI=1S/C26H14FN3/c1-29-23-9-5-6-18(16-28)26(23)17-10-12-24-21(14-17)22-15-19(27)11-13-25(22)30(24)20-7-3-2-4-8-20/h2-15H. The van der Waals surface area contributed by atoms with Gasteiger partial charge in [-0.2, -0.15) is 5.26 Å². The van der Waals surface area contributed by atoms with Gasteiger partial charge in [0.15, 0.2) is 5.69 Å². The van der Waals surface area contributed by atoms with Crippen LogP contribution in [0.25, 0.3) is 43.5 Å². The molecular weight excluding hydrogens is 373 g/mol. The van der Waals surface area contributed by atoms with Crippen LogP contribution in [0, 0.1) is 23.7 Å². The maximum Gasteiger partial charge on any atom is 0.196 e. The van der Waals surface area contributed by atoms with Gasteiger partial charge in [0, 0.05) is 27.6 Å². The molecule has 0 N–H and O–H groups in total. The second-order valence-corrected chi connectivity index (χ2v) is 6.99. The highest BCUT2D eigenvalue weighted by atomic mass is 19.1. The average molecular weight is 387 g/mol. The van der Waals surface area contributed by atoms with E-state index in [1.165, 1.54) is 12.1 Å². The van der Waals surface area contributed by atoms with Gasteiger partial charge in [0.25, 0.3) is 0 Å². The Kier molecular flexibility index (Phi) is 4.05. The summed E-state index contributed by atoms with van der Waals surface area (Å²) in [5, 5.41) is 11.2. The number of nitrogens with zero attached hydrogens (tertiary/aromatic N) is 3. The molecule has 4 aromatic carbocycles. The maximum atomic E-state index is 14.1. The molecule has 140 valence electrons. The molecule has 0 bridgehead atoms. The van der Waals surface area contributed by atoms with Gasteiger partial charge in [0.1, 0.15) is 5.82 Å². The molecule has 0 unspecified atom stereocenters. The van der Waals surface area contributed by atoms with Crippen LogP contribution in [0.2, 0.25) is 0 Å². The third kappa shape index (κ3) is 2.64. The zero-order valence-electron chi connectivity index (χ0n) is 15.8. The van der Waals surface area contributed by atoms with Crippen LogP contribution in [0.1, 0.15) is 5.56 Å². The first-order chi connectivity index (χ1) is 14.7. The Hall–Kier alpha value is -4.41. The number of aromatic nitrogens is 1. The minimum absolute atomic E-state index is 0.306. The Labute approximate surface area is 172 Å². The summed E-state index contributed by atoms with van der Waals surface area (Å²) in [6.07, 6.45) is 0. The number of para-hydroxylation sites is 1. The average Bonchev–Trinajstić information content (AvgIpc) is 3.11. The minimum atomic E-state index is -0.306. The van der Waals surface area contributed by atoms with E-state index < -0.39 is 0 Å². The lowest BCUT2D eigenvalue weighted by Gasteiger charge is -2.09. The molecule has 0 spiro atoms. The fourth-order valence-corrected chi connectivity index (χ4v) is 4.04. The smallest absolute Gasteiger partial charge is 0.196 e. The number of hydrogen-bond acceptors (Lipinski definition) is 1. The Morgan fingerprint density at radius 3 is 2.30 bits per heavy atom. The van der Waals surface area contributed by atoms with Gasteiger partial charge in [0.2, 0.25) is 0 Å². The molecule has 0 amide bonds. The molecule has 30 heavy (non-hydrogen) atoms. The molecular formula is C26H14FN3. The van der Waals surface area contributed by atoms with Gasteiger partial charge in [-0.3, -0.25) is 0 Å². The van der Waals surface area contributed by atoms with Crippen LogP contribution in [0.15, 0.2) is 84.9 Å². The third-order valence-corrected chi connectivity index (χ3v) is 5.31. The molecule has 3 nitrogen and oxygen atoms in total. The van der Waals surface area contributed by atoms with Crippen molar-refractivity contribution in [2.75, 3.05) is 0 Å². The second-order valence-electron chi connectivity index (χ2n) is 6.99. The van der Waals surface area contributed by atoms with Crippen molar-refractivity contribution in [1.82, 2.24) is 4.57 Å². The van der Waals surface area contributed by atoms with E-state index >= 15 is 0 Å². The highest BCUT2D eigenvalue weighted by Gasteiger charge is 2.16. The van der Waals surface area contributed by atoms with Crippen LogP contribution < -0.4 is 0 Å². The Morgan fingerprint density at radius 1 is 0.833 bits per heavy atom. The number of fused-ring (bicyclic) bond motifs is 3. The van der Waals surface area contributed by atoms with E-state index in [2.05, 4.69) is 15.5 Å². The van der Waals surface area contributed by atoms with Crippen LogP contribution in [0.4, 0.5) is 10.1 Å². The van der Waals surface area contributed by atoms with Gasteiger partial charge in [-0.15, -0.1) is 0 Å². The summed E-state index contributed by atoms with van der Waals surface area (Å²) >= 11 is 0. The van der Waals surface area contributed by atoms with Crippen molar-refractivity contribution in [1.29, 1.82) is 5.26 Å². The van der Waals surface area contributed by atoms with Crippen LogP contribution in [-0.4, -0.2) is 4.57 Å². The van der Waals surface area contributed by atoms with Crippen LogP contribution >= 0.6 is 0 Å². The second kappa shape index (κ2) is 6.88. The van der Waals surface area contributed by atoms with Crippen molar-refractivity contribution in [3.8, 4) is 22.9 Å². The molecule has 0 saturated carbocycles. The van der Waals surface area contributed by atoms with Crippen LogP contribution in [0.5, 0.6) is 0 Å². The largest absolute Gasteiger partial charge is 0.309 e. The summed E-state index contributed by atoms with van der Waals surface area (Å²) < 4.78 is 16.2.